The molecule has 2 heterocycles. The quantitative estimate of drug-likeness (QED) is 0.879. The first kappa shape index (κ1) is 13.4. The zero-order valence-corrected chi connectivity index (χ0v) is 11.6. The van der Waals surface area contributed by atoms with Gasteiger partial charge in [-0.1, -0.05) is 13.8 Å². The lowest BCUT2D eigenvalue weighted by Gasteiger charge is -2.18. The highest BCUT2D eigenvalue weighted by molar-refractivity contribution is 5.13. The van der Waals surface area contributed by atoms with Gasteiger partial charge in [-0.15, -0.1) is 0 Å². The Morgan fingerprint density at radius 2 is 2.28 bits per heavy atom. The third-order valence-electron chi connectivity index (χ3n) is 3.90. The molecule has 0 amide bonds. The summed E-state index contributed by atoms with van der Waals surface area (Å²) >= 11 is 0. The highest BCUT2D eigenvalue weighted by Crippen LogP contribution is 2.26. The SMILES string of the molecule is CC(C)C(CN)c1nccc(C2CCN(C)C2)n1. The van der Waals surface area contributed by atoms with Crippen molar-refractivity contribution in [2.45, 2.75) is 32.1 Å². The average molecular weight is 248 g/mol. The molecule has 2 unspecified atom stereocenters. The summed E-state index contributed by atoms with van der Waals surface area (Å²) in [6, 6.07) is 2.06. The van der Waals surface area contributed by atoms with Crippen LogP contribution >= 0.6 is 0 Å². The van der Waals surface area contributed by atoms with Crippen LogP contribution in [0.2, 0.25) is 0 Å². The zero-order chi connectivity index (χ0) is 13.1. The van der Waals surface area contributed by atoms with Crippen molar-refractivity contribution >= 4 is 0 Å². The Bertz CT molecular complexity index is 391. The van der Waals surface area contributed by atoms with E-state index in [4.69, 9.17) is 10.7 Å². The van der Waals surface area contributed by atoms with Crippen LogP contribution in [-0.2, 0) is 0 Å². The monoisotopic (exact) mass is 248 g/mol. The van der Waals surface area contributed by atoms with E-state index in [1.165, 1.54) is 12.1 Å². The topological polar surface area (TPSA) is 55.0 Å². The van der Waals surface area contributed by atoms with E-state index in [1.807, 2.05) is 6.20 Å². The van der Waals surface area contributed by atoms with Crippen molar-refractivity contribution in [2.24, 2.45) is 11.7 Å². The van der Waals surface area contributed by atoms with Crippen LogP contribution in [-0.4, -0.2) is 41.5 Å². The molecule has 4 heteroatoms. The number of likely N-dealkylation sites (tertiary alicyclic amines) is 1. The highest BCUT2D eigenvalue weighted by Gasteiger charge is 2.24. The molecule has 4 nitrogen and oxygen atoms in total. The number of rotatable bonds is 4. The maximum absolute atomic E-state index is 5.84. The molecule has 0 aromatic carbocycles. The lowest BCUT2D eigenvalue weighted by molar-refractivity contribution is 0.410. The molecular weight excluding hydrogens is 224 g/mol. The Hall–Kier alpha value is -1.00. The maximum Gasteiger partial charge on any atom is 0.133 e. The van der Waals surface area contributed by atoms with Crippen LogP contribution in [0.5, 0.6) is 0 Å². The van der Waals surface area contributed by atoms with Gasteiger partial charge in [0.05, 0.1) is 0 Å². The van der Waals surface area contributed by atoms with E-state index < -0.39 is 0 Å². The molecule has 0 aliphatic carbocycles. The van der Waals surface area contributed by atoms with Crippen molar-refractivity contribution < 1.29 is 0 Å². The third-order valence-corrected chi connectivity index (χ3v) is 3.90. The smallest absolute Gasteiger partial charge is 0.133 e. The van der Waals surface area contributed by atoms with Crippen LogP contribution < -0.4 is 5.73 Å². The summed E-state index contributed by atoms with van der Waals surface area (Å²) in [4.78, 5) is 11.5. The molecule has 2 N–H and O–H groups in total. The lowest BCUT2D eigenvalue weighted by atomic mass is 9.94. The van der Waals surface area contributed by atoms with Crippen LogP contribution in [0.15, 0.2) is 12.3 Å². The fourth-order valence-corrected chi connectivity index (χ4v) is 2.65. The van der Waals surface area contributed by atoms with Crippen molar-refractivity contribution in [1.82, 2.24) is 14.9 Å². The van der Waals surface area contributed by atoms with Crippen molar-refractivity contribution in [3.05, 3.63) is 23.8 Å². The number of hydrogen-bond acceptors (Lipinski definition) is 4. The summed E-state index contributed by atoms with van der Waals surface area (Å²) in [7, 11) is 2.17. The van der Waals surface area contributed by atoms with E-state index in [0.29, 0.717) is 18.4 Å². The third kappa shape index (κ3) is 2.87. The fourth-order valence-electron chi connectivity index (χ4n) is 2.65. The van der Waals surface area contributed by atoms with Crippen LogP contribution in [0.1, 0.15) is 43.6 Å². The van der Waals surface area contributed by atoms with Gasteiger partial charge in [-0.05, 0) is 32.0 Å². The summed E-state index contributed by atoms with van der Waals surface area (Å²) in [5, 5.41) is 0. The summed E-state index contributed by atoms with van der Waals surface area (Å²) in [6.45, 7) is 7.24. The molecule has 0 bridgehead atoms. The highest BCUT2D eigenvalue weighted by atomic mass is 15.1. The van der Waals surface area contributed by atoms with E-state index in [2.05, 4.69) is 36.8 Å². The summed E-state index contributed by atoms with van der Waals surface area (Å²) in [5.74, 6) is 2.22. The first-order chi connectivity index (χ1) is 8.61. The average Bonchev–Trinajstić information content (AvgIpc) is 2.77. The van der Waals surface area contributed by atoms with Crippen LogP contribution in [0.3, 0.4) is 0 Å². The molecular formula is C14H24N4. The standard InChI is InChI=1S/C14H24N4/c1-10(2)12(8-15)14-16-6-4-13(17-14)11-5-7-18(3)9-11/h4,6,10-12H,5,7-9,15H2,1-3H3. The Balaban J connectivity index is 2.19. The Morgan fingerprint density at radius 3 is 2.83 bits per heavy atom. The van der Waals surface area contributed by atoms with E-state index in [1.54, 1.807) is 0 Å². The van der Waals surface area contributed by atoms with Crippen molar-refractivity contribution in [3.63, 3.8) is 0 Å². The number of nitrogens with zero attached hydrogens (tertiary/aromatic N) is 3. The number of aromatic nitrogens is 2. The van der Waals surface area contributed by atoms with Gasteiger partial charge in [0.25, 0.3) is 0 Å². The molecule has 100 valence electrons. The van der Waals surface area contributed by atoms with Crippen LogP contribution in [0.4, 0.5) is 0 Å². The van der Waals surface area contributed by atoms with Crippen molar-refractivity contribution in [3.8, 4) is 0 Å². The minimum atomic E-state index is 0.268. The number of hydrogen-bond donors (Lipinski definition) is 1. The molecule has 1 fully saturated rings. The maximum atomic E-state index is 5.84. The Kier molecular flexibility index (Phi) is 4.30. The molecule has 1 aromatic rings. The molecule has 18 heavy (non-hydrogen) atoms. The van der Waals surface area contributed by atoms with E-state index in [0.717, 1.165) is 18.9 Å². The van der Waals surface area contributed by atoms with Gasteiger partial charge >= 0.3 is 0 Å². The first-order valence-electron chi connectivity index (χ1n) is 6.83. The zero-order valence-electron chi connectivity index (χ0n) is 11.6. The largest absolute Gasteiger partial charge is 0.330 e. The number of nitrogens with two attached hydrogens (primary N) is 1. The Morgan fingerprint density at radius 1 is 1.50 bits per heavy atom. The molecule has 0 saturated carbocycles. The van der Waals surface area contributed by atoms with Crippen LogP contribution in [0, 0.1) is 5.92 Å². The lowest BCUT2D eigenvalue weighted by Crippen LogP contribution is -2.21. The summed E-state index contributed by atoms with van der Waals surface area (Å²) in [6.07, 6.45) is 3.09. The molecule has 2 atom stereocenters. The predicted octanol–water partition coefficient (Wildman–Crippen LogP) is 1.59. The van der Waals surface area contributed by atoms with Gasteiger partial charge in [0.15, 0.2) is 0 Å². The van der Waals surface area contributed by atoms with Crippen molar-refractivity contribution in [1.29, 1.82) is 0 Å². The molecule has 1 aliphatic heterocycles. The molecule has 1 saturated heterocycles. The molecule has 0 spiro atoms. The van der Waals surface area contributed by atoms with Crippen LogP contribution in [0.25, 0.3) is 0 Å². The van der Waals surface area contributed by atoms with E-state index >= 15 is 0 Å². The van der Waals surface area contributed by atoms with Gasteiger partial charge in [-0.2, -0.15) is 0 Å². The minimum Gasteiger partial charge on any atom is -0.330 e. The second-order valence-corrected chi connectivity index (χ2v) is 5.67. The normalized spacial score (nSPS) is 22.6. The first-order valence-corrected chi connectivity index (χ1v) is 6.83. The minimum absolute atomic E-state index is 0.268. The van der Waals surface area contributed by atoms with Crippen molar-refractivity contribution in [2.75, 3.05) is 26.7 Å². The van der Waals surface area contributed by atoms with E-state index in [9.17, 15) is 0 Å². The van der Waals surface area contributed by atoms with Gasteiger partial charge in [-0.3, -0.25) is 0 Å². The summed E-state index contributed by atoms with van der Waals surface area (Å²) < 4.78 is 0. The second kappa shape index (κ2) is 5.76. The Labute approximate surface area is 110 Å². The van der Waals surface area contributed by atoms with Gasteiger partial charge in [0, 0.05) is 36.8 Å². The molecule has 1 aromatic heterocycles. The van der Waals surface area contributed by atoms with E-state index in [-0.39, 0.29) is 5.92 Å². The van der Waals surface area contributed by atoms with Gasteiger partial charge in [0.1, 0.15) is 5.82 Å². The fraction of sp³-hybridized carbons (Fsp3) is 0.714. The molecule has 0 radical (unpaired) electrons. The van der Waals surface area contributed by atoms with Gasteiger partial charge in [-0.25, -0.2) is 9.97 Å². The number of likely N-dealkylation sites (N-methyl/N-ethyl adjacent to an activating group) is 1. The van der Waals surface area contributed by atoms with Gasteiger partial charge in [0.2, 0.25) is 0 Å². The molecule has 2 rings (SSSR count). The van der Waals surface area contributed by atoms with Gasteiger partial charge < -0.3 is 10.6 Å². The predicted molar refractivity (Wildman–Crippen MR) is 73.5 cm³/mol. The molecule has 1 aliphatic rings. The second-order valence-electron chi connectivity index (χ2n) is 5.67. The summed E-state index contributed by atoms with van der Waals surface area (Å²) in [5.41, 5.74) is 7.03.